The monoisotopic (exact) mass is 366 g/mol. The van der Waals surface area contributed by atoms with Crippen LogP contribution in [0.1, 0.15) is 18.4 Å². The largest absolute Gasteiger partial charge is 0.454 e. The minimum Gasteiger partial charge on any atom is -0.454 e. The summed E-state index contributed by atoms with van der Waals surface area (Å²) in [6.07, 6.45) is 0.954. The Hall–Kier alpha value is -3.55. The van der Waals surface area contributed by atoms with Crippen LogP contribution in [0.25, 0.3) is 11.4 Å². The van der Waals surface area contributed by atoms with Gasteiger partial charge in [-0.05, 0) is 42.3 Å². The van der Waals surface area contributed by atoms with Gasteiger partial charge in [0, 0.05) is 11.3 Å². The lowest BCUT2D eigenvalue weighted by Crippen LogP contribution is -2.28. The van der Waals surface area contributed by atoms with E-state index in [0.29, 0.717) is 23.2 Å². The molecule has 0 radical (unpaired) electrons. The molecule has 3 aromatic rings. The van der Waals surface area contributed by atoms with Gasteiger partial charge in [-0.25, -0.2) is 4.79 Å². The van der Waals surface area contributed by atoms with Gasteiger partial charge in [0.1, 0.15) is 0 Å². The number of aryl methyl sites for hydroxylation is 1. The Morgan fingerprint density at radius 3 is 2.74 bits per heavy atom. The summed E-state index contributed by atoms with van der Waals surface area (Å²) in [4.78, 5) is 16.3. The SMILES string of the molecule is CCc1ccc(NC(=O)NCc2nc(-c3ccc4c(c3)OCO4)no2)cc1. The zero-order chi connectivity index (χ0) is 18.6. The number of hydrogen-bond acceptors (Lipinski definition) is 6. The van der Waals surface area contributed by atoms with Gasteiger partial charge in [0.15, 0.2) is 11.5 Å². The van der Waals surface area contributed by atoms with Crippen LogP contribution in [0.2, 0.25) is 0 Å². The Kier molecular flexibility index (Phi) is 4.61. The summed E-state index contributed by atoms with van der Waals surface area (Å²) in [5.41, 5.74) is 2.67. The third kappa shape index (κ3) is 3.84. The first kappa shape index (κ1) is 16.9. The maximum atomic E-state index is 12.0. The number of nitrogens with zero attached hydrogens (tertiary/aromatic N) is 2. The molecule has 2 amide bonds. The minimum absolute atomic E-state index is 0.121. The molecule has 1 aliphatic rings. The summed E-state index contributed by atoms with van der Waals surface area (Å²) in [6, 6.07) is 12.7. The summed E-state index contributed by atoms with van der Waals surface area (Å²) in [5, 5.41) is 9.39. The van der Waals surface area contributed by atoms with Crippen molar-refractivity contribution in [1.29, 1.82) is 0 Å². The lowest BCUT2D eigenvalue weighted by molar-refractivity contribution is 0.174. The molecule has 0 atom stereocenters. The van der Waals surface area contributed by atoms with E-state index < -0.39 is 0 Å². The molecular formula is C19H18N4O4. The van der Waals surface area contributed by atoms with E-state index in [-0.39, 0.29) is 19.4 Å². The maximum absolute atomic E-state index is 12.0. The number of ether oxygens (including phenoxy) is 2. The zero-order valence-electron chi connectivity index (χ0n) is 14.7. The van der Waals surface area contributed by atoms with Crippen molar-refractivity contribution in [1.82, 2.24) is 15.5 Å². The van der Waals surface area contributed by atoms with Crippen molar-refractivity contribution in [3.05, 3.63) is 53.9 Å². The van der Waals surface area contributed by atoms with Crippen LogP contribution < -0.4 is 20.1 Å². The molecule has 0 fully saturated rings. The van der Waals surface area contributed by atoms with Crippen LogP contribution in [0.4, 0.5) is 10.5 Å². The first-order chi connectivity index (χ1) is 13.2. The molecule has 27 heavy (non-hydrogen) atoms. The van der Waals surface area contributed by atoms with Gasteiger partial charge in [0.05, 0.1) is 6.54 Å². The van der Waals surface area contributed by atoms with Crippen molar-refractivity contribution in [3.63, 3.8) is 0 Å². The first-order valence-corrected chi connectivity index (χ1v) is 8.57. The van der Waals surface area contributed by atoms with Crippen LogP contribution in [0.15, 0.2) is 47.0 Å². The number of hydrogen-bond donors (Lipinski definition) is 2. The fourth-order valence-corrected chi connectivity index (χ4v) is 2.63. The molecule has 2 heterocycles. The van der Waals surface area contributed by atoms with Crippen LogP contribution in [-0.2, 0) is 13.0 Å². The summed E-state index contributed by atoms with van der Waals surface area (Å²) < 4.78 is 15.8. The summed E-state index contributed by atoms with van der Waals surface area (Å²) in [6.45, 7) is 2.41. The molecule has 0 bridgehead atoms. The summed E-state index contributed by atoms with van der Waals surface area (Å²) in [7, 11) is 0. The minimum atomic E-state index is -0.345. The highest BCUT2D eigenvalue weighted by Gasteiger charge is 2.16. The number of urea groups is 1. The molecule has 8 nitrogen and oxygen atoms in total. The van der Waals surface area contributed by atoms with E-state index in [1.54, 1.807) is 12.1 Å². The quantitative estimate of drug-likeness (QED) is 0.718. The number of nitrogens with one attached hydrogen (secondary N) is 2. The van der Waals surface area contributed by atoms with E-state index in [4.69, 9.17) is 14.0 Å². The summed E-state index contributed by atoms with van der Waals surface area (Å²) >= 11 is 0. The average Bonchev–Trinajstić information content (AvgIpc) is 3.35. The fourth-order valence-electron chi connectivity index (χ4n) is 2.63. The molecule has 0 saturated heterocycles. The van der Waals surface area contributed by atoms with Crippen molar-refractivity contribution in [2.24, 2.45) is 0 Å². The first-order valence-electron chi connectivity index (χ1n) is 8.57. The fraction of sp³-hybridized carbons (Fsp3) is 0.211. The molecule has 0 unspecified atom stereocenters. The number of anilines is 1. The number of fused-ring (bicyclic) bond motifs is 1. The number of aromatic nitrogens is 2. The Bertz CT molecular complexity index is 953. The molecule has 2 N–H and O–H groups in total. The van der Waals surface area contributed by atoms with Crippen LogP contribution in [0.5, 0.6) is 11.5 Å². The molecule has 0 spiro atoms. The standard InChI is InChI=1S/C19H18N4O4/c1-2-12-3-6-14(7-4-12)21-19(24)20-10-17-22-18(23-27-17)13-5-8-15-16(9-13)26-11-25-15/h3-9H,2,10-11H2,1H3,(H2,20,21,24). The zero-order valence-corrected chi connectivity index (χ0v) is 14.7. The van der Waals surface area contributed by atoms with Crippen LogP contribution in [0, 0.1) is 0 Å². The predicted molar refractivity (Wildman–Crippen MR) is 97.5 cm³/mol. The van der Waals surface area contributed by atoms with Gasteiger partial charge in [-0.2, -0.15) is 4.98 Å². The third-order valence-electron chi connectivity index (χ3n) is 4.12. The number of carbonyl (C=O) groups excluding carboxylic acids is 1. The van der Waals surface area contributed by atoms with E-state index >= 15 is 0 Å². The molecular weight excluding hydrogens is 348 g/mol. The van der Waals surface area contributed by atoms with Crippen LogP contribution >= 0.6 is 0 Å². The van der Waals surface area contributed by atoms with Gasteiger partial charge in [-0.3, -0.25) is 0 Å². The second-order valence-corrected chi connectivity index (χ2v) is 5.94. The Balaban J connectivity index is 1.34. The molecule has 0 aliphatic carbocycles. The highest BCUT2D eigenvalue weighted by atomic mass is 16.7. The maximum Gasteiger partial charge on any atom is 0.319 e. The average molecular weight is 366 g/mol. The van der Waals surface area contributed by atoms with Crippen molar-refractivity contribution >= 4 is 11.7 Å². The molecule has 1 aliphatic heterocycles. The number of carbonyl (C=O) groups is 1. The van der Waals surface area contributed by atoms with E-state index in [1.165, 1.54) is 5.56 Å². The summed E-state index contributed by atoms with van der Waals surface area (Å²) in [5.74, 6) is 2.05. The van der Waals surface area contributed by atoms with Gasteiger partial charge in [-0.15, -0.1) is 0 Å². The van der Waals surface area contributed by atoms with E-state index in [9.17, 15) is 4.79 Å². The number of amides is 2. The lowest BCUT2D eigenvalue weighted by atomic mass is 10.1. The molecule has 138 valence electrons. The van der Waals surface area contributed by atoms with Gasteiger partial charge >= 0.3 is 6.03 Å². The van der Waals surface area contributed by atoms with Crippen LogP contribution in [-0.4, -0.2) is 23.0 Å². The van der Waals surface area contributed by atoms with Crippen molar-refractivity contribution < 1.29 is 18.8 Å². The Morgan fingerprint density at radius 2 is 1.93 bits per heavy atom. The van der Waals surface area contributed by atoms with Crippen molar-refractivity contribution in [2.75, 3.05) is 12.1 Å². The van der Waals surface area contributed by atoms with Crippen molar-refractivity contribution in [3.8, 4) is 22.9 Å². The van der Waals surface area contributed by atoms with Gasteiger partial charge in [0.25, 0.3) is 0 Å². The highest BCUT2D eigenvalue weighted by molar-refractivity contribution is 5.89. The molecule has 8 heteroatoms. The van der Waals surface area contributed by atoms with E-state index in [2.05, 4.69) is 27.7 Å². The van der Waals surface area contributed by atoms with Crippen LogP contribution in [0.3, 0.4) is 0 Å². The molecule has 1 aromatic heterocycles. The second-order valence-electron chi connectivity index (χ2n) is 5.94. The predicted octanol–water partition coefficient (Wildman–Crippen LogP) is 3.35. The van der Waals surface area contributed by atoms with E-state index in [1.807, 2.05) is 30.3 Å². The highest BCUT2D eigenvalue weighted by Crippen LogP contribution is 2.35. The molecule has 4 rings (SSSR count). The van der Waals surface area contributed by atoms with E-state index in [0.717, 1.165) is 17.7 Å². The Morgan fingerprint density at radius 1 is 1.11 bits per heavy atom. The molecule has 0 saturated carbocycles. The van der Waals surface area contributed by atoms with Gasteiger partial charge in [-0.1, -0.05) is 24.2 Å². The normalized spacial score (nSPS) is 12.0. The van der Waals surface area contributed by atoms with Gasteiger partial charge < -0.3 is 24.6 Å². The number of rotatable bonds is 5. The lowest BCUT2D eigenvalue weighted by Gasteiger charge is -2.06. The topological polar surface area (TPSA) is 98.5 Å². The Labute approximate surface area is 155 Å². The second kappa shape index (κ2) is 7.36. The smallest absolute Gasteiger partial charge is 0.319 e. The van der Waals surface area contributed by atoms with Crippen molar-refractivity contribution in [2.45, 2.75) is 19.9 Å². The number of benzene rings is 2. The molecule has 2 aromatic carbocycles. The van der Waals surface area contributed by atoms with Gasteiger partial charge in [0.2, 0.25) is 18.5 Å². The third-order valence-corrected chi connectivity index (χ3v) is 4.12.